The fourth-order valence-corrected chi connectivity index (χ4v) is 2.01. The Morgan fingerprint density at radius 3 is 2.80 bits per heavy atom. The predicted octanol–water partition coefficient (Wildman–Crippen LogP) is 0.276. The quantitative estimate of drug-likeness (QED) is 0.730. The first-order chi connectivity index (χ1) is 7.28. The molecule has 3 N–H and O–H groups in total. The first kappa shape index (κ1) is 10.6. The Morgan fingerprint density at radius 2 is 2.27 bits per heavy atom. The molecule has 1 fully saturated rings. The fraction of sp³-hybridized carbons (Fsp3) is 0.800. The molecule has 0 atom stereocenters. The zero-order valence-corrected chi connectivity index (χ0v) is 8.78. The van der Waals surface area contributed by atoms with Crippen LogP contribution in [0.4, 0.5) is 0 Å². The van der Waals surface area contributed by atoms with Crippen LogP contribution in [0.2, 0.25) is 0 Å². The van der Waals surface area contributed by atoms with Gasteiger partial charge in [0.15, 0.2) is 5.82 Å². The van der Waals surface area contributed by atoms with Crippen molar-refractivity contribution in [3.05, 3.63) is 11.7 Å². The second kappa shape index (κ2) is 4.28. The lowest BCUT2D eigenvalue weighted by molar-refractivity contribution is 0.129. The van der Waals surface area contributed by atoms with Gasteiger partial charge < -0.3 is 15.4 Å². The van der Waals surface area contributed by atoms with Gasteiger partial charge in [-0.25, -0.2) is 0 Å². The van der Waals surface area contributed by atoms with E-state index < -0.39 is 0 Å². The van der Waals surface area contributed by atoms with E-state index in [1.165, 1.54) is 6.42 Å². The molecule has 15 heavy (non-hydrogen) atoms. The maximum atomic E-state index is 8.72. The standard InChI is InChI=1S/C10H17N3O2/c11-7-10(3-1-4-10)6-9-12-8(2-5-14)13-15-9/h14H,1-7,11H2. The summed E-state index contributed by atoms with van der Waals surface area (Å²) in [6.07, 6.45) is 4.79. The highest BCUT2D eigenvalue weighted by Crippen LogP contribution is 2.42. The van der Waals surface area contributed by atoms with E-state index in [1.54, 1.807) is 0 Å². The molecule has 1 saturated carbocycles. The van der Waals surface area contributed by atoms with Gasteiger partial charge in [-0.1, -0.05) is 11.6 Å². The number of hydrogen-bond donors (Lipinski definition) is 2. The van der Waals surface area contributed by atoms with E-state index in [1.807, 2.05) is 0 Å². The lowest BCUT2D eigenvalue weighted by atomic mass is 9.67. The van der Waals surface area contributed by atoms with Crippen molar-refractivity contribution in [2.75, 3.05) is 13.2 Å². The molecule has 0 aromatic carbocycles. The Kier molecular flexibility index (Phi) is 3.02. The smallest absolute Gasteiger partial charge is 0.227 e. The summed E-state index contributed by atoms with van der Waals surface area (Å²) in [5.41, 5.74) is 5.95. The first-order valence-corrected chi connectivity index (χ1v) is 5.40. The van der Waals surface area contributed by atoms with Gasteiger partial charge in [0.25, 0.3) is 0 Å². The first-order valence-electron chi connectivity index (χ1n) is 5.40. The van der Waals surface area contributed by atoms with Crippen LogP contribution in [0.15, 0.2) is 4.52 Å². The summed E-state index contributed by atoms with van der Waals surface area (Å²) < 4.78 is 5.12. The molecule has 1 aliphatic rings. The van der Waals surface area contributed by atoms with Crippen LogP contribution in [0.25, 0.3) is 0 Å². The largest absolute Gasteiger partial charge is 0.396 e. The van der Waals surface area contributed by atoms with Crippen molar-refractivity contribution in [2.45, 2.75) is 32.1 Å². The molecule has 84 valence electrons. The van der Waals surface area contributed by atoms with Gasteiger partial charge in [0.2, 0.25) is 5.89 Å². The topological polar surface area (TPSA) is 85.2 Å². The molecule has 0 radical (unpaired) electrons. The Labute approximate surface area is 88.7 Å². The Morgan fingerprint density at radius 1 is 1.47 bits per heavy atom. The molecule has 0 spiro atoms. The summed E-state index contributed by atoms with van der Waals surface area (Å²) in [5.74, 6) is 1.24. The van der Waals surface area contributed by atoms with Crippen LogP contribution in [0, 0.1) is 5.41 Å². The molecule has 5 nitrogen and oxygen atoms in total. The van der Waals surface area contributed by atoms with Crippen molar-refractivity contribution in [2.24, 2.45) is 11.1 Å². The minimum absolute atomic E-state index is 0.0566. The Bertz CT molecular complexity index is 315. The van der Waals surface area contributed by atoms with Gasteiger partial charge in [-0.15, -0.1) is 0 Å². The zero-order valence-electron chi connectivity index (χ0n) is 8.78. The van der Waals surface area contributed by atoms with E-state index in [9.17, 15) is 0 Å². The fourth-order valence-electron chi connectivity index (χ4n) is 2.01. The van der Waals surface area contributed by atoms with Gasteiger partial charge in [0.05, 0.1) is 6.61 Å². The van der Waals surface area contributed by atoms with Gasteiger partial charge >= 0.3 is 0 Å². The summed E-state index contributed by atoms with van der Waals surface area (Å²) in [5, 5.41) is 12.5. The van der Waals surface area contributed by atoms with Crippen molar-refractivity contribution in [1.82, 2.24) is 10.1 Å². The van der Waals surface area contributed by atoms with E-state index in [2.05, 4.69) is 10.1 Å². The third kappa shape index (κ3) is 2.18. The number of hydrogen-bond acceptors (Lipinski definition) is 5. The van der Waals surface area contributed by atoms with E-state index in [4.69, 9.17) is 15.4 Å². The summed E-state index contributed by atoms with van der Waals surface area (Å²) in [6.45, 7) is 0.742. The van der Waals surface area contributed by atoms with Crippen LogP contribution in [-0.4, -0.2) is 28.4 Å². The van der Waals surface area contributed by atoms with Gasteiger partial charge in [-0.05, 0) is 24.8 Å². The Hall–Kier alpha value is -0.940. The van der Waals surface area contributed by atoms with Gasteiger partial charge in [-0.3, -0.25) is 0 Å². The highest BCUT2D eigenvalue weighted by molar-refractivity contribution is 4.97. The molecule has 0 bridgehead atoms. The lowest BCUT2D eigenvalue weighted by Crippen LogP contribution is -2.39. The molecule has 1 aromatic heterocycles. The lowest BCUT2D eigenvalue weighted by Gasteiger charge is -2.39. The van der Waals surface area contributed by atoms with Gasteiger partial charge in [0, 0.05) is 12.8 Å². The number of rotatable bonds is 5. The average molecular weight is 211 g/mol. The minimum atomic E-state index is 0.0566. The molecule has 1 heterocycles. The summed E-state index contributed by atoms with van der Waals surface area (Å²) in [4.78, 5) is 4.22. The van der Waals surface area contributed by atoms with Gasteiger partial charge in [-0.2, -0.15) is 4.98 Å². The third-order valence-electron chi connectivity index (χ3n) is 3.22. The van der Waals surface area contributed by atoms with Crippen molar-refractivity contribution in [3.63, 3.8) is 0 Å². The summed E-state index contributed by atoms with van der Waals surface area (Å²) in [6, 6.07) is 0. The Balaban J connectivity index is 1.97. The van der Waals surface area contributed by atoms with Crippen LogP contribution >= 0.6 is 0 Å². The van der Waals surface area contributed by atoms with Crippen LogP contribution in [0.3, 0.4) is 0 Å². The number of nitrogens with two attached hydrogens (primary N) is 1. The highest BCUT2D eigenvalue weighted by Gasteiger charge is 2.37. The molecular weight excluding hydrogens is 194 g/mol. The predicted molar refractivity (Wildman–Crippen MR) is 54.1 cm³/mol. The van der Waals surface area contributed by atoms with Crippen molar-refractivity contribution in [1.29, 1.82) is 0 Å². The molecule has 1 aliphatic carbocycles. The SMILES string of the molecule is NCC1(Cc2nc(CCO)no2)CCC1. The highest BCUT2D eigenvalue weighted by atomic mass is 16.5. The van der Waals surface area contributed by atoms with Crippen molar-refractivity contribution in [3.8, 4) is 0 Å². The van der Waals surface area contributed by atoms with Crippen LogP contribution in [0.5, 0.6) is 0 Å². The number of aliphatic hydroxyl groups is 1. The molecule has 0 aliphatic heterocycles. The molecule has 0 saturated heterocycles. The number of aliphatic hydroxyl groups excluding tert-OH is 1. The summed E-state index contributed by atoms with van der Waals surface area (Å²) >= 11 is 0. The zero-order chi connectivity index (χ0) is 10.7. The van der Waals surface area contributed by atoms with E-state index in [0.29, 0.717) is 24.7 Å². The van der Waals surface area contributed by atoms with E-state index >= 15 is 0 Å². The third-order valence-corrected chi connectivity index (χ3v) is 3.22. The maximum Gasteiger partial charge on any atom is 0.227 e. The molecule has 0 amide bonds. The monoisotopic (exact) mass is 211 g/mol. The van der Waals surface area contributed by atoms with Gasteiger partial charge in [0.1, 0.15) is 0 Å². The number of nitrogens with zero attached hydrogens (tertiary/aromatic N) is 2. The second-order valence-electron chi connectivity index (χ2n) is 4.31. The summed E-state index contributed by atoms with van der Waals surface area (Å²) in [7, 11) is 0. The second-order valence-corrected chi connectivity index (χ2v) is 4.31. The average Bonchev–Trinajstić information content (AvgIpc) is 2.60. The molecule has 5 heteroatoms. The molecule has 1 aromatic rings. The molecule has 0 unspecified atom stereocenters. The van der Waals surface area contributed by atoms with Crippen LogP contribution in [-0.2, 0) is 12.8 Å². The molecule has 2 rings (SSSR count). The van der Waals surface area contributed by atoms with E-state index in [-0.39, 0.29) is 12.0 Å². The number of aromatic nitrogens is 2. The molecular formula is C10H17N3O2. The normalized spacial score (nSPS) is 18.8. The maximum absolute atomic E-state index is 8.72. The van der Waals surface area contributed by atoms with Crippen LogP contribution < -0.4 is 5.73 Å². The minimum Gasteiger partial charge on any atom is -0.396 e. The van der Waals surface area contributed by atoms with Crippen LogP contribution in [0.1, 0.15) is 31.0 Å². The van der Waals surface area contributed by atoms with E-state index in [0.717, 1.165) is 19.3 Å². The van der Waals surface area contributed by atoms with Crippen molar-refractivity contribution < 1.29 is 9.63 Å². The van der Waals surface area contributed by atoms with Crippen molar-refractivity contribution >= 4 is 0 Å².